The Bertz CT molecular complexity index is 1470. The molecule has 1 N–H and O–H groups in total. The number of imidazole rings is 2. The number of aryl methyl sites for hydroxylation is 1. The zero-order valence-corrected chi connectivity index (χ0v) is 17.6. The molecule has 5 heterocycles. The standard InChI is InChI=1S/C23H22N8O/c1-29-20(15-5-4-10-24-13-15)28-19-21(29)25-14-26-22(19)30-11-8-16(9-12-30)31-18-7-3-2-6-17(18)27-23(31)32/h2-7,10,13-14,16H,8-9,11-12H2,1H3,(H,27,32). The van der Waals surface area contributed by atoms with Crippen LogP contribution in [0.4, 0.5) is 5.82 Å². The van der Waals surface area contributed by atoms with Crippen LogP contribution in [0.2, 0.25) is 0 Å². The van der Waals surface area contributed by atoms with E-state index in [4.69, 9.17) is 4.98 Å². The lowest BCUT2D eigenvalue weighted by molar-refractivity contribution is 0.395. The van der Waals surface area contributed by atoms with Gasteiger partial charge in [0.25, 0.3) is 0 Å². The summed E-state index contributed by atoms with van der Waals surface area (Å²) < 4.78 is 3.89. The van der Waals surface area contributed by atoms with Crippen molar-refractivity contribution in [2.24, 2.45) is 7.05 Å². The normalized spacial score (nSPS) is 15.1. The molecule has 9 nitrogen and oxygen atoms in total. The predicted molar refractivity (Wildman–Crippen MR) is 123 cm³/mol. The van der Waals surface area contributed by atoms with Gasteiger partial charge in [0.05, 0.1) is 11.0 Å². The number of aromatic nitrogens is 7. The van der Waals surface area contributed by atoms with Crippen molar-refractivity contribution < 1.29 is 0 Å². The van der Waals surface area contributed by atoms with Crippen molar-refractivity contribution in [2.45, 2.75) is 18.9 Å². The fraction of sp³-hybridized carbons (Fsp3) is 0.261. The van der Waals surface area contributed by atoms with Crippen molar-refractivity contribution >= 4 is 28.0 Å². The molecule has 1 aliphatic rings. The lowest BCUT2D eigenvalue weighted by Gasteiger charge is -2.33. The van der Waals surface area contributed by atoms with Crippen LogP contribution in [0.5, 0.6) is 0 Å². The van der Waals surface area contributed by atoms with Gasteiger partial charge in [0.15, 0.2) is 17.0 Å². The molecule has 6 rings (SSSR count). The van der Waals surface area contributed by atoms with Crippen LogP contribution in [0, 0.1) is 0 Å². The number of rotatable bonds is 3. The Kier molecular flexibility index (Phi) is 4.27. The number of para-hydroxylation sites is 2. The molecular weight excluding hydrogens is 404 g/mol. The number of pyridine rings is 1. The number of piperidine rings is 1. The summed E-state index contributed by atoms with van der Waals surface area (Å²) in [6.45, 7) is 1.59. The molecule has 32 heavy (non-hydrogen) atoms. The minimum atomic E-state index is -0.0417. The fourth-order valence-corrected chi connectivity index (χ4v) is 4.74. The highest BCUT2D eigenvalue weighted by Gasteiger charge is 2.26. The maximum atomic E-state index is 12.6. The molecule has 1 aliphatic heterocycles. The summed E-state index contributed by atoms with van der Waals surface area (Å²) in [5.41, 5.74) is 4.33. The van der Waals surface area contributed by atoms with Crippen LogP contribution >= 0.6 is 0 Å². The van der Waals surface area contributed by atoms with Crippen molar-refractivity contribution in [3.05, 3.63) is 65.6 Å². The van der Waals surface area contributed by atoms with E-state index in [9.17, 15) is 4.79 Å². The van der Waals surface area contributed by atoms with E-state index in [0.717, 1.165) is 65.3 Å². The number of anilines is 1. The zero-order chi connectivity index (χ0) is 21.7. The third kappa shape index (κ3) is 2.89. The average Bonchev–Trinajstić information content (AvgIpc) is 3.36. The van der Waals surface area contributed by atoms with Gasteiger partial charge in [-0.3, -0.25) is 9.55 Å². The molecule has 0 unspecified atom stereocenters. The summed E-state index contributed by atoms with van der Waals surface area (Å²) in [5, 5.41) is 0. The first-order valence-corrected chi connectivity index (χ1v) is 10.7. The van der Waals surface area contributed by atoms with Crippen LogP contribution in [0.25, 0.3) is 33.6 Å². The molecule has 9 heteroatoms. The first-order chi connectivity index (χ1) is 15.7. The molecule has 0 radical (unpaired) electrons. The highest BCUT2D eigenvalue weighted by molar-refractivity contribution is 5.86. The average molecular weight is 426 g/mol. The topological polar surface area (TPSA) is 97.5 Å². The quantitative estimate of drug-likeness (QED) is 0.476. The van der Waals surface area contributed by atoms with E-state index in [-0.39, 0.29) is 11.7 Å². The molecule has 1 aromatic carbocycles. The Morgan fingerprint density at radius 2 is 1.91 bits per heavy atom. The molecule has 5 aromatic rings. The predicted octanol–water partition coefficient (Wildman–Crippen LogP) is 2.91. The molecule has 1 saturated heterocycles. The lowest BCUT2D eigenvalue weighted by Crippen LogP contribution is -2.37. The van der Waals surface area contributed by atoms with Crippen LogP contribution in [0.15, 0.2) is 59.9 Å². The number of nitrogens with zero attached hydrogens (tertiary/aromatic N) is 7. The summed E-state index contributed by atoms with van der Waals surface area (Å²) in [6, 6.07) is 11.9. The van der Waals surface area contributed by atoms with Crippen LogP contribution in [-0.2, 0) is 7.05 Å². The molecule has 4 aromatic heterocycles. The smallest absolute Gasteiger partial charge is 0.326 e. The highest BCUT2D eigenvalue weighted by Crippen LogP contribution is 2.31. The van der Waals surface area contributed by atoms with Crippen LogP contribution < -0.4 is 10.6 Å². The van der Waals surface area contributed by atoms with E-state index in [2.05, 4.69) is 24.8 Å². The fourth-order valence-electron chi connectivity index (χ4n) is 4.74. The number of hydrogen-bond acceptors (Lipinski definition) is 6. The number of hydrogen-bond donors (Lipinski definition) is 1. The summed E-state index contributed by atoms with van der Waals surface area (Å²) in [6.07, 6.45) is 6.87. The first kappa shape index (κ1) is 18.7. The van der Waals surface area contributed by atoms with Crippen molar-refractivity contribution in [1.82, 2.24) is 34.1 Å². The maximum absolute atomic E-state index is 12.6. The molecule has 0 spiro atoms. The van der Waals surface area contributed by atoms with Crippen LogP contribution in [-0.4, -0.2) is 47.1 Å². The van der Waals surface area contributed by atoms with Gasteiger partial charge in [0.2, 0.25) is 0 Å². The monoisotopic (exact) mass is 426 g/mol. The number of aromatic amines is 1. The maximum Gasteiger partial charge on any atom is 0.326 e. The minimum absolute atomic E-state index is 0.0417. The van der Waals surface area contributed by atoms with Gasteiger partial charge in [-0.15, -0.1) is 0 Å². The second-order valence-corrected chi connectivity index (χ2v) is 8.14. The summed E-state index contributed by atoms with van der Waals surface area (Å²) in [4.78, 5) is 36.0. The SMILES string of the molecule is Cn1c(-c2cccnc2)nc2c(N3CCC(n4c(=O)[nH]c5ccccc54)CC3)ncnc21. The Balaban J connectivity index is 1.32. The second kappa shape index (κ2) is 7.30. The van der Waals surface area contributed by atoms with Gasteiger partial charge in [0.1, 0.15) is 12.2 Å². The second-order valence-electron chi connectivity index (χ2n) is 8.14. The van der Waals surface area contributed by atoms with Gasteiger partial charge in [0, 0.05) is 44.1 Å². The lowest BCUT2D eigenvalue weighted by atomic mass is 10.0. The third-order valence-corrected chi connectivity index (χ3v) is 6.31. The van der Waals surface area contributed by atoms with Gasteiger partial charge in [-0.25, -0.2) is 19.7 Å². The molecule has 0 bridgehead atoms. The molecule has 0 saturated carbocycles. The van der Waals surface area contributed by atoms with E-state index < -0.39 is 0 Å². The largest absolute Gasteiger partial charge is 0.355 e. The molecule has 0 atom stereocenters. The Labute approximate surface area is 183 Å². The third-order valence-electron chi connectivity index (χ3n) is 6.31. The van der Waals surface area contributed by atoms with E-state index in [1.54, 1.807) is 18.7 Å². The van der Waals surface area contributed by atoms with E-state index in [0.29, 0.717) is 0 Å². The zero-order valence-electron chi connectivity index (χ0n) is 17.6. The Morgan fingerprint density at radius 1 is 1.06 bits per heavy atom. The molecular formula is C23H22N8O. The van der Waals surface area contributed by atoms with Crippen molar-refractivity contribution in [3.8, 4) is 11.4 Å². The number of nitrogens with one attached hydrogen (secondary N) is 1. The summed E-state index contributed by atoms with van der Waals surface area (Å²) >= 11 is 0. The van der Waals surface area contributed by atoms with E-state index in [1.165, 1.54) is 0 Å². The molecule has 160 valence electrons. The van der Waals surface area contributed by atoms with Crippen molar-refractivity contribution in [2.75, 3.05) is 18.0 Å². The van der Waals surface area contributed by atoms with E-state index >= 15 is 0 Å². The summed E-state index contributed by atoms with van der Waals surface area (Å²) in [5.74, 6) is 1.65. The Morgan fingerprint density at radius 3 is 2.72 bits per heavy atom. The number of fused-ring (bicyclic) bond motifs is 2. The Hall–Kier alpha value is -4.01. The van der Waals surface area contributed by atoms with Crippen LogP contribution in [0.3, 0.4) is 0 Å². The van der Waals surface area contributed by atoms with Crippen LogP contribution in [0.1, 0.15) is 18.9 Å². The van der Waals surface area contributed by atoms with Gasteiger partial charge < -0.3 is 14.5 Å². The summed E-state index contributed by atoms with van der Waals surface area (Å²) in [7, 11) is 1.96. The highest BCUT2D eigenvalue weighted by atomic mass is 16.1. The van der Waals surface area contributed by atoms with Crippen molar-refractivity contribution in [1.29, 1.82) is 0 Å². The van der Waals surface area contributed by atoms with Gasteiger partial charge in [-0.05, 0) is 37.1 Å². The molecule has 1 fully saturated rings. The van der Waals surface area contributed by atoms with Gasteiger partial charge in [-0.1, -0.05) is 12.1 Å². The number of H-pyrrole nitrogens is 1. The van der Waals surface area contributed by atoms with Crippen molar-refractivity contribution in [3.63, 3.8) is 0 Å². The first-order valence-electron chi connectivity index (χ1n) is 10.7. The molecule has 0 amide bonds. The minimum Gasteiger partial charge on any atom is -0.355 e. The number of benzene rings is 1. The molecule has 0 aliphatic carbocycles. The van der Waals surface area contributed by atoms with E-state index in [1.807, 2.05) is 52.6 Å². The van der Waals surface area contributed by atoms with Gasteiger partial charge >= 0.3 is 5.69 Å². The van der Waals surface area contributed by atoms with Gasteiger partial charge in [-0.2, -0.15) is 0 Å².